The minimum Gasteiger partial charge on any atom is -0.385 e. The molecule has 0 saturated carbocycles. The highest BCUT2D eigenvalue weighted by Gasteiger charge is 2.35. The van der Waals surface area contributed by atoms with E-state index in [9.17, 15) is 9.59 Å². The van der Waals surface area contributed by atoms with E-state index >= 15 is 0 Å². The lowest BCUT2D eigenvalue weighted by atomic mass is 9.83. The lowest BCUT2D eigenvalue weighted by Crippen LogP contribution is -2.52. The number of benzene rings is 1. The number of carbonyl (C=O) groups is 2. The van der Waals surface area contributed by atoms with Gasteiger partial charge in [-0.25, -0.2) is 0 Å². The van der Waals surface area contributed by atoms with Gasteiger partial charge in [-0.2, -0.15) is 0 Å². The minimum absolute atomic E-state index is 0.0551. The summed E-state index contributed by atoms with van der Waals surface area (Å²) in [6, 6.07) is 8.40. The number of hydrogen-bond donors (Lipinski definition) is 0. The first-order chi connectivity index (χ1) is 15.2. The topological polar surface area (TPSA) is 53.1 Å². The van der Waals surface area contributed by atoms with Crippen LogP contribution in [0.2, 0.25) is 0 Å². The second-order valence-corrected chi connectivity index (χ2v) is 9.32. The number of fused-ring (bicyclic) bond motifs is 2. The van der Waals surface area contributed by atoms with Crippen LogP contribution in [0.25, 0.3) is 0 Å². The summed E-state index contributed by atoms with van der Waals surface area (Å²) >= 11 is 0. The van der Waals surface area contributed by atoms with Gasteiger partial charge in [-0.3, -0.25) is 9.59 Å². The van der Waals surface area contributed by atoms with Crippen LogP contribution in [0, 0.1) is 5.92 Å². The molecule has 0 bridgehead atoms. The van der Waals surface area contributed by atoms with Gasteiger partial charge < -0.3 is 19.4 Å². The average Bonchev–Trinajstić information content (AvgIpc) is 3.13. The Morgan fingerprint density at radius 3 is 2.84 bits per heavy atom. The molecule has 0 N–H and O–H groups in total. The lowest BCUT2D eigenvalue weighted by molar-refractivity contribution is -0.133. The Morgan fingerprint density at radius 2 is 2.00 bits per heavy atom. The van der Waals surface area contributed by atoms with Gasteiger partial charge in [0, 0.05) is 57.9 Å². The third-order valence-electron chi connectivity index (χ3n) is 7.30. The molecular weight excluding hydrogens is 390 g/mol. The van der Waals surface area contributed by atoms with Crippen LogP contribution in [-0.2, 0) is 16.1 Å². The number of methoxy groups -OCH3 is 1. The molecule has 0 aliphatic carbocycles. The van der Waals surface area contributed by atoms with Gasteiger partial charge in [0.15, 0.2) is 0 Å². The van der Waals surface area contributed by atoms with E-state index in [1.54, 1.807) is 7.11 Å². The molecule has 3 heterocycles. The summed E-state index contributed by atoms with van der Waals surface area (Å²) in [4.78, 5) is 32.4. The highest BCUT2D eigenvalue weighted by molar-refractivity contribution is 5.98. The fraction of sp³-hybridized carbons (Fsp3) is 0.680. The summed E-state index contributed by atoms with van der Waals surface area (Å²) in [5.41, 5.74) is 1.85. The molecule has 0 aromatic heterocycles. The fourth-order valence-electron chi connectivity index (χ4n) is 5.67. The number of hydrogen-bond acceptors (Lipinski definition) is 4. The van der Waals surface area contributed by atoms with E-state index in [2.05, 4.69) is 9.80 Å². The zero-order chi connectivity index (χ0) is 21.6. The SMILES string of the molecule is COCCCN(CC1CCCN2CCCCC12)C(=O)CCN1Cc2ccccc2C1=O. The van der Waals surface area contributed by atoms with Crippen molar-refractivity contribution in [1.29, 1.82) is 0 Å². The molecule has 2 saturated heterocycles. The summed E-state index contributed by atoms with van der Waals surface area (Å²) in [7, 11) is 1.71. The van der Waals surface area contributed by atoms with Gasteiger partial charge in [-0.1, -0.05) is 24.6 Å². The molecule has 1 aromatic rings. The van der Waals surface area contributed by atoms with E-state index in [0.29, 0.717) is 38.1 Å². The highest BCUT2D eigenvalue weighted by Crippen LogP contribution is 2.31. The second-order valence-electron chi connectivity index (χ2n) is 9.32. The molecule has 0 radical (unpaired) electrons. The maximum absolute atomic E-state index is 13.2. The molecule has 6 nitrogen and oxygen atoms in total. The molecule has 170 valence electrons. The Labute approximate surface area is 186 Å². The summed E-state index contributed by atoms with van der Waals surface area (Å²) in [6.45, 7) is 5.80. The molecule has 1 aromatic carbocycles. The van der Waals surface area contributed by atoms with Crippen molar-refractivity contribution in [3.8, 4) is 0 Å². The van der Waals surface area contributed by atoms with Crippen LogP contribution in [0.3, 0.4) is 0 Å². The Hall–Kier alpha value is -1.92. The molecule has 4 rings (SSSR count). The van der Waals surface area contributed by atoms with E-state index in [4.69, 9.17) is 4.74 Å². The number of nitrogens with zero attached hydrogens (tertiary/aromatic N) is 3. The minimum atomic E-state index is 0.0551. The van der Waals surface area contributed by atoms with Crippen LogP contribution in [-0.4, -0.2) is 79.0 Å². The molecule has 2 fully saturated rings. The molecule has 31 heavy (non-hydrogen) atoms. The quantitative estimate of drug-likeness (QED) is 0.568. The second kappa shape index (κ2) is 10.6. The lowest BCUT2D eigenvalue weighted by Gasteiger charge is -2.45. The zero-order valence-corrected chi connectivity index (χ0v) is 18.9. The van der Waals surface area contributed by atoms with Crippen molar-refractivity contribution >= 4 is 11.8 Å². The number of rotatable bonds is 9. The third-order valence-corrected chi connectivity index (χ3v) is 7.30. The Morgan fingerprint density at radius 1 is 1.16 bits per heavy atom. The Balaban J connectivity index is 1.35. The summed E-state index contributed by atoms with van der Waals surface area (Å²) in [5, 5.41) is 0. The molecular formula is C25H37N3O3. The molecule has 6 heteroatoms. The van der Waals surface area contributed by atoms with Gasteiger partial charge in [-0.15, -0.1) is 0 Å². The van der Waals surface area contributed by atoms with Crippen molar-refractivity contribution in [1.82, 2.24) is 14.7 Å². The smallest absolute Gasteiger partial charge is 0.254 e. The standard InChI is InChI=1S/C25H37N3O3/c1-31-17-7-15-27(19-21-9-6-14-26-13-5-4-11-23(21)26)24(29)12-16-28-18-20-8-2-3-10-22(20)25(28)30/h2-3,8,10,21,23H,4-7,9,11-19H2,1H3. The normalized spacial score (nSPS) is 23.5. The third kappa shape index (κ3) is 5.29. The molecule has 0 spiro atoms. The van der Waals surface area contributed by atoms with Crippen molar-refractivity contribution in [3.63, 3.8) is 0 Å². The molecule has 2 atom stereocenters. The van der Waals surface area contributed by atoms with Crippen molar-refractivity contribution in [3.05, 3.63) is 35.4 Å². The van der Waals surface area contributed by atoms with Crippen LogP contribution < -0.4 is 0 Å². The predicted molar refractivity (Wildman–Crippen MR) is 121 cm³/mol. The molecule has 2 unspecified atom stereocenters. The molecule has 3 aliphatic rings. The number of carbonyl (C=O) groups excluding carboxylic acids is 2. The van der Waals surface area contributed by atoms with E-state index in [-0.39, 0.29) is 11.8 Å². The van der Waals surface area contributed by atoms with Gasteiger partial charge in [0.1, 0.15) is 0 Å². The summed E-state index contributed by atoms with van der Waals surface area (Å²) in [5.74, 6) is 0.797. The van der Waals surface area contributed by atoms with Crippen LogP contribution >= 0.6 is 0 Å². The van der Waals surface area contributed by atoms with Gasteiger partial charge in [0.05, 0.1) is 0 Å². The first-order valence-electron chi connectivity index (χ1n) is 12.1. The maximum atomic E-state index is 13.2. The van der Waals surface area contributed by atoms with Crippen LogP contribution in [0.5, 0.6) is 0 Å². The van der Waals surface area contributed by atoms with Crippen molar-refractivity contribution in [2.45, 2.75) is 57.5 Å². The number of amides is 2. The van der Waals surface area contributed by atoms with Gasteiger partial charge >= 0.3 is 0 Å². The van der Waals surface area contributed by atoms with E-state index < -0.39 is 0 Å². The number of ether oxygens (including phenoxy) is 1. The highest BCUT2D eigenvalue weighted by atomic mass is 16.5. The van der Waals surface area contributed by atoms with E-state index in [1.165, 1.54) is 45.2 Å². The largest absolute Gasteiger partial charge is 0.385 e. The molecule has 2 amide bonds. The van der Waals surface area contributed by atoms with Gasteiger partial charge in [0.25, 0.3) is 5.91 Å². The number of piperidine rings is 2. The Bertz CT molecular complexity index is 766. The van der Waals surface area contributed by atoms with Gasteiger partial charge in [0.2, 0.25) is 5.91 Å². The zero-order valence-electron chi connectivity index (χ0n) is 18.9. The first kappa shape index (κ1) is 22.3. The monoisotopic (exact) mass is 427 g/mol. The van der Waals surface area contributed by atoms with E-state index in [0.717, 1.165) is 30.6 Å². The predicted octanol–water partition coefficient (Wildman–Crippen LogP) is 3.16. The summed E-state index contributed by atoms with van der Waals surface area (Å²) in [6.07, 6.45) is 7.60. The van der Waals surface area contributed by atoms with E-state index in [1.807, 2.05) is 29.2 Å². The Kier molecular flexibility index (Phi) is 7.62. The van der Waals surface area contributed by atoms with Crippen LogP contribution in [0.4, 0.5) is 0 Å². The average molecular weight is 428 g/mol. The maximum Gasteiger partial charge on any atom is 0.254 e. The molecule has 3 aliphatic heterocycles. The fourth-order valence-corrected chi connectivity index (χ4v) is 5.67. The van der Waals surface area contributed by atoms with Crippen LogP contribution in [0.15, 0.2) is 24.3 Å². The van der Waals surface area contributed by atoms with Crippen molar-refractivity contribution in [2.75, 3.05) is 46.4 Å². The van der Waals surface area contributed by atoms with Crippen LogP contribution in [0.1, 0.15) is 60.9 Å². The first-order valence-corrected chi connectivity index (χ1v) is 12.1. The summed E-state index contributed by atoms with van der Waals surface area (Å²) < 4.78 is 5.24. The van der Waals surface area contributed by atoms with Crippen molar-refractivity contribution in [2.24, 2.45) is 5.92 Å². The van der Waals surface area contributed by atoms with Gasteiger partial charge in [-0.05, 0) is 62.7 Å². The van der Waals surface area contributed by atoms with Crippen molar-refractivity contribution < 1.29 is 14.3 Å².